The van der Waals surface area contributed by atoms with Gasteiger partial charge in [0.1, 0.15) is 18.2 Å². The molecule has 0 atom stereocenters. The first-order chi connectivity index (χ1) is 11.7. The smallest absolute Gasteiger partial charge is 0.124 e. The Bertz CT molecular complexity index is 799. The highest BCUT2D eigenvalue weighted by Gasteiger charge is 2.05. The fourth-order valence-electron chi connectivity index (χ4n) is 2.49. The molecular weight excluding hydrogens is 301 g/mol. The van der Waals surface area contributed by atoms with Crippen molar-refractivity contribution in [2.45, 2.75) is 20.1 Å². The number of hydrogen-bond donors (Lipinski definition) is 1. The highest BCUT2D eigenvalue weighted by Crippen LogP contribution is 2.22. The molecule has 0 aromatic heterocycles. The fraction of sp³-hybridized carbons (Fsp3) is 0.143. The van der Waals surface area contributed by atoms with Gasteiger partial charge in [0.15, 0.2) is 0 Å². The molecule has 0 saturated carbocycles. The van der Waals surface area contributed by atoms with Crippen LogP contribution in [-0.2, 0) is 13.2 Å². The summed E-state index contributed by atoms with van der Waals surface area (Å²) in [5.41, 5.74) is 4.36. The predicted octanol–water partition coefficient (Wildman–Crippen LogP) is 5.33. The molecule has 0 saturated heterocycles. The molecule has 2 nitrogen and oxygen atoms in total. The highest BCUT2D eigenvalue weighted by atomic mass is 19.1. The molecule has 0 fully saturated rings. The van der Waals surface area contributed by atoms with E-state index in [2.05, 4.69) is 24.4 Å². The lowest BCUT2D eigenvalue weighted by molar-refractivity contribution is 0.303. The van der Waals surface area contributed by atoms with E-state index in [0.717, 1.165) is 22.6 Å². The van der Waals surface area contributed by atoms with Crippen LogP contribution in [0.3, 0.4) is 0 Å². The van der Waals surface area contributed by atoms with E-state index in [0.29, 0.717) is 13.2 Å². The van der Waals surface area contributed by atoms with Gasteiger partial charge < -0.3 is 10.1 Å². The Morgan fingerprint density at radius 2 is 1.58 bits per heavy atom. The second-order valence-electron chi connectivity index (χ2n) is 5.69. The number of para-hydroxylation sites is 2. The van der Waals surface area contributed by atoms with Crippen LogP contribution in [0.15, 0.2) is 72.8 Å². The van der Waals surface area contributed by atoms with Gasteiger partial charge in [0.05, 0.1) is 0 Å². The van der Waals surface area contributed by atoms with Crippen molar-refractivity contribution >= 4 is 5.69 Å². The minimum atomic E-state index is -0.235. The molecule has 0 heterocycles. The molecule has 0 bridgehead atoms. The zero-order valence-corrected chi connectivity index (χ0v) is 13.6. The normalized spacial score (nSPS) is 10.4. The predicted molar refractivity (Wildman–Crippen MR) is 95.7 cm³/mol. The van der Waals surface area contributed by atoms with Crippen molar-refractivity contribution in [3.05, 3.63) is 95.3 Å². The van der Waals surface area contributed by atoms with E-state index < -0.39 is 0 Å². The molecule has 1 N–H and O–H groups in total. The number of ether oxygens (including phenoxy) is 1. The third-order valence-corrected chi connectivity index (χ3v) is 3.89. The van der Waals surface area contributed by atoms with Crippen LogP contribution >= 0.6 is 0 Å². The van der Waals surface area contributed by atoms with Crippen molar-refractivity contribution in [2.75, 3.05) is 5.32 Å². The maximum atomic E-state index is 13.0. The first-order valence-corrected chi connectivity index (χ1v) is 7.97. The molecule has 0 aliphatic carbocycles. The van der Waals surface area contributed by atoms with Gasteiger partial charge in [-0.15, -0.1) is 0 Å². The summed E-state index contributed by atoms with van der Waals surface area (Å²) < 4.78 is 18.9. The van der Waals surface area contributed by atoms with Crippen LogP contribution in [0.4, 0.5) is 10.1 Å². The third-order valence-electron chi connectivity index (χ3n) is 3.89. The van der Waals surface area contributed by atoms with Crippen molar-refractivity contribution in [2.24, 2.45) is 0 Å². The summed E-state index contributed by atoms with van der Waals surface area (Å²) in [5, 5.41) is 3.45. The molecule has 0 radical (unpaired) electrons. The Balaban J connectivity index is 1.66. The van der Waals surface area contributed by atoms with E-state index in [4.69, 9.17) is 4.74 Å². The van der Waals surface area contributed by atoms with Gasteiger partial charge in [0.25, 0.3) is 0 Å². The van der Waals surface area contributed by atoms with Crippen LogP contribution in [0.25, 0.3) is 0 Å². The average molecular weight is 321 g/mol. The summed E-state index contributed by atoms with van der Waals surface area (Å²) in [5.74, 6) is 0.601. The van der Waals surface area contributed by atoms with Gasteiger partial charge in [0.2, 0.25) is 0 Å². The number of anilines is 1. The molecule has 0 amide bonds. The molecular formula is C21H20FNO. The lowest BCUT2D eigenvalue weighted by Crippen LogP contribution is -2.04. The van der Waals surface area contributed by atoms with Crippen LogP contribution in [0.2, 0.25) is 0 Å². The summed E-state index contributed by atoms with van der Waals surface area (Å²) >= 11 is 0. The molecule has 24 heavy (non-hydrogen) atoms. The summed E-state index contributed by atoms with van der Waals surface area (Å²) in [7, 11) is 0. The van der Waals surface area contributed by atoms with Gasteiger partial charge in [-0.05, 0) is 42.3 Å². The first kappa shape index (κ1) is 16.1. The van der Waals surface area contributed by atoms with Gasteiger partial charge >= 0.3 is 0 Å². The van der Waals surface area contributed by atoms with Crippen molar-refractivity contribution in [1.29, 1.82) is 0 Å². The molecule has 122 valence electrons. The standard InChI is InChI=1S/C21H20FNO/c1-16-6-2-4-8-20(16)23-14-18-7-3-5-9-21(18)24-15-17-10-12-19(22)13-11-17/h2-13,23H,14-15H2,1H3. The summed E-state index contributed by atoms with van der Waals surface area (Å²) in [6, 6.07) is 22.5. The lowest BCUT2D eigenvalue weighted by atomic mass is 10.1. The zero-order valence-electron chi connectivity index (χ0n) is 13.6. The largest absolute Gasteiger partial charge is 0.489 e. The SMILES string of the molecule is Cc1ccccc1NCc1ccccc1OCc1ccc(F)cc1. The summed E-state index contributed by atoms with van der Waals surface area (Å²) in [6.07, 6.45) is 0. The number of rotatable bonds is 6. The number of hydrogen-bond acceptors (Lipinski definition) is 2. The molecule has 3 rings (SSSR count). The number of benzene rings is 3. The van der Waals surface area contributed by atoms with Crippen molar-refractivity contribution < 1.29 is 9.13 Å². The van der Waals surface area contributed by atoms with Gasteiger partial charge in [0, 0.05) is 17.8 Å². The molecule has 0 aliphatic heterocycles. The van der Waals surface area contributed by atoms with Crippen molar-refractivity contribution in [3.8, 4) is 5.75 Å². The lowest BCUT2D eigenvalue weighted by Gasteiger charge is -2.14. The Morgan fingerprint density at radius 1 is 0.875 bits per heavy atom. The van der Waals surface area contributed by atoms with Gasteiger partial charge in [-0.2, -0.15) is 0 Å². The maximum absolute atomic E-state index is 13.0. The second-order valence-corrected chi connectivity index (χ2v) is 5.69. The molecule has 3 aromatic rings. The monoisotopic (exact) mass is 321 g/mol. The highest BCUT2D eigenvalue weighted by molar-refractivity contribution is 5.51. The van der Waals surface area contributed by atoms with E-state index in [-0.39, 0.29) is 5.82 Å². The van der Waals surface area contributed by atoms with Crippen LogP contribution in [0.5, 0.6) is 5.75 Å². The average Bonchev–Trinajstić information content (AvgIpc) is 2.61. The van der Waals surface area contributed by atoms with Crippen LogP contribution in [0, 0.1) is 12.7 Å². The topological polar surface area (TPSA) is 21.3 Å². The molecule has 0 aliphatic rings. The van der Waals surface area contributed by atoms with E-state index in [1.165, 1.54) is 17.7 Å². The van der Waals surface area contributed by atoms with E-state index in [9.17, 15) is 4.39 Å². The van der Waals surface area contributed by atoms with Gasteiger partial charge in [-0.1, -0.05) is 48.5 Å². The second kappa shape index (κ2) is 7.64. The molecule has 3 aromatic carbocycles. The van der Waals surface area contributed by atoms with Crippen LogP contribution in [0.1, 0.15) is 16.7 Å². The Kier molecular flexibility index (Phi) is 5.12. The Labute approximate surface area is 141 Å². The number of aryl methyl sites for hydroxylation is 1. The van der Waals surface area contributed by atoms with E-state index in [1.54, 1.807) is 12.1 Å². The van der Waals surface area contributed by atoms with E-state index >= 15 is 0 Å². The van der Waals surface area contributed by atoms with Crippen molar-refractivity contribution in [1.82, 2.24) is 0 Å². The molecule has 0 unspecified atom stereocenters. The minimum absolute atomic E-state index is 0.235. The number of halogens is 1. The van der Waals surface area contributed by atoms with Gasteiger partial charge in [-0.3, -0.25) is 0 Å². The minimum Gasteiger partial charge on any atom is -0.489 e. The zero-order chi connectivity index (χ0) is 16.8. The fourth-order valence-corrected chi connectivity index (χ4v) is 2.49. The third kappa shape index (κ3) is 4.13. The molecule has 0 spiro atoms. The summed E-state index contributed by atoms with van der Waals surface area (Å²) in [4.78, 5) is 0. The maximum Gasteiger partial charge on any atom is 0.124 e. The van der Waals surface area contributed by atoms with Crippen LogP contribution in [-0.4, -0.2) is 0 Å². The number of nitrogens with one attached hydrogen (secondary N) is 1. The Hall–Kier alpha value is -2.81. The molecule has 3 heteroatoms. The van der Waals surface area contributed by atoms with Crippen LogP contribution < -0.4 is 10.1 Å². The van der Waals surface area contributed by atoms with Crippen molar-refractivity contribution in [3.63, 3.8) is 0 Å². The first-order valence-electron chi connectivity index (χ1n) is 7.97. The van der Waals surface area contributed by atoms with Gasteiger partial charge in [-0.25, -0.2) is 4.39 Å². The summed E-state index contributed by atoms with van der Waals surface area (Å²) in [6.45, 7) is 3.19. The quantitative estimate of drug-likeness (QED) is 0.663. The van der Waals surface area contributed by atoms with E-state index in [1.807, 2.05) is 36.4 Å². The Morgan fingerprint density at radius 3 is 2.38 bits per heavy atom.